The number of hydrogen-bond acceptors (Lipinski definition) is 3. The zero-order valence-corrected chi connectivity index (χ0v) is 9.09. The second-order valence-corrected chi connectivity index (χ2v) is 3.95. The van der Waals surface area contributed by atoms with Crippen molar-refractivity contribution in [3.05, 3.63) is 17.1 Å². The molecule has 0 aliphatic heterocycles. The first-order valence-electron chi connectivity index (χ1n) is 5.31. The lowest BCUT2D eigenvalue weighted by atomic mass is 10.2. The van der Waals surface area contributed by atoms with Crippen LogP contribution in [0.4, 0.5) is 5.82 Å². The van der Waals surface area contributed by atoms with Crippen LogP contribution in [0.1, 0.15) is 42.8 Å². The van der Waals surface area contributed by atoms with Crippen LogP contribution in [0.15, 0.2) is 0 Å². The Hall–Kier alpha value is -1.12. The first-order chi connectivity index (χ1) is 6.72. The second-order valence-electron chi connectivity index (χ2n) is 3.95. The minimum Gasteiger partial charge on any atom is -0.370 e. The smallest absolute Gasteiger partial charge is 0.134 e. The van der Waals surface area contributed by atoms with Crippen molar-refractivity contribution in [3.8, 4) is 0 Å². The van der Waals surface area contributed by atoms with Gasteiger partial charge in [-0.2, -0.15) is 0 Å². The highest BCUT2D eigenvalue weighted by Crippen LogP contribution is 2.38. The van der Waals surface area contributed by atoms with E-state index in [1.807, 2.05) is 0 Å². The summed E-state index contributed by atoms with van der Waals surface area (Å²) < 4.78 is 0. The van der Waals surface area contributed by atoms with Crippen molar-refractivity contribution in [2.45, 2.75) is 39.5 Å². The van der Waals surface area contributed by atoms with E-state index in [0.717, 1.165) is 23.9 Å². The summed E-state index contributed by atoms with van der Waals surface area (Å²) in [6.07, 6.45) is 2.52. The van der Waals surface area contributed by atoms with Crippen LogP contribution < -0.4 is 5.32 Å². The average Bonchev–Trinajstić information content (AvgIpc) is 2.96. The molecule has 3 nitrogen and oxygen atoms in total. The lowest BCUT2D eigenvalue weighted by Gasteiger charge is -2.10. The third-order valence-corrected chi connectivity index (χ3v) is 2.69. The Balaban J connectivity index is 2.35. The van der Waals surface area contributed by atoms with Crippen LogP contribution in [-0.4, -0.2) is 16.5 Å². The average molecular weight is 191 g/mol. The molecule has 1 aliphatic rings. The van der Waals surface area contributed by atoms with Crippen LogP contribution in [0.25, 0.3) is 0 Å². The van der Waals surface area contributed by atoms with Crippen molar-refractivity contribution in [2.75, 3.05) is 11.9 Å². The molecule has 0 radical (unpaired) electrons. The van der Waals surface area contributed by atoms with E-state index in [9.17, 15) is 0 Å². The third-order valence-electron chi connectivity index (χ3n) is 2.69. The van der Waals surface area contributed by atoms with Crippen molar-refractivity contribution < 1.29 is 0 Å². The molecule has 1 aromatic heterocycles. The molecule has 0 bridgehead atoms. The Bertz CT molecular complexity index is 343. The minimum atomic E-state index is 0.631. The molecule has 0 saturated heterocycles. The summed E-state index contributed by atoms with van der Waals surface area (Å²) in [6.45, 7) is 7.14. The van der Waals surface area contributed by atoms with Gasteiger partial charge < -0.3 is 5.32 Å². The Morgan fingerprint density at radius 2 is 2.00 bits per heavy atom. The predicted octanol–water partition coefficient (Wildman–Crippen LogP) is 2.40. The molecule has 0 unspecified atom stereocenters. The van der Waals surface area contributed by atoms with Crippen molar-refractivity contribution in [3.63, 3.8) is 0 Å². The van der Waals surface area contributed by atoms with Crippen LogP contribution in [0.3, 0.4) is 0 Å². The number of hydrogen-bond donors (Lipinski definition) is 1. The van der Waals surface area contributed by atoms with Crippen LogP contribution in [0, 0.1) is 13.8 Å². The molecule has 76 valence electrons. The lowest BCUT2D eigenvalue weighted by molar-refractivity contribution is 0.892. The highest BCUT2D eigenvalue weighted by molar-refractivity contribution is 5.45. The summed E-state index contributed by atoms with van der Waals surface area (Å²) in [5.74, 6) is 2.68. The number of anilines is 1. The van der Waals surface area contributed by atoms with E-state index in [2.05, 4.69) is 36.1 Å². The van der Waals surface area contributed by atoms with E-state index in [0.29, 0.717) is 5.92 Å². The molecule has 1 aromatic rings. The maximum Gasteiger partial charge on any atom is 0.134 e. The number of rotatable bonds is 3. The largest absolute Gasteiger partial charge is 0.370 e. The van der Waals surface area contributed by atoms with Crippen molar-refractivity contribution in [1.82, 2.24) is 9.97 Å². The number of nitrogens with zero attached hydrogens (tertiary/aromatic N) is 2. The molecule has 1 saturated carbocycles. The Morgan fingerprint density at radius 1 is 1.29 bits per heavy atom. The van der Waals surface area contributed by atoms with Gasteiger partial charge in [-0.25, -0.2) is 9.97 Å². The molecule has 1 fully saturated rings. The van der Waals surface area contributed by atoms with Gasteiger partial charge in [-0.1, -0.05) is 0 Å². The van der Waals surface area contributed by atoms with E-state index in [-0.39, 0.29) is 0 Å². The number of nitrogens with one attached hydrogen (secondary N) is 1. The fourth-order valence-corrected chi connectivity index (χ4v) is 1.51. The molecule has 1 heterocycles. The molecular weight excluding hydrogens is 174 g/mol. The van der Waals surface area contributed by atoms with Gasteiger partial charge in [-0.3, -0.25) is 0 Å². The van der Waals surface area contributed by atoms with Gasteiger partial charge in [0.25, 0.3) is 0 Å². The molecule has 2 rings (SSSR count). The quantitative estimate of drug-likeness (QED) is 0.797. The van der Waals surface area contributed by atoms with Gasteiger partial charge in [-0.15, -0.1) is 0 Å². The monoisotopic (exact) mass is 191 g/mol. The second kappa shape index (κ2) is 3.56. The molecule has 1 aliphatic carbocycles. The summed E-state index contributed by atoms with van der Waals surface area (Å²) in [5, 5.41) is 3.29. The van der Waals surface area contributed by atoms with Gasteiger partial charge in [0.1, 0.15) is 11.6 Å². The fraction of sp³-hybridized carbons (Fsp3) is 0.636. The normalized spacial score (nSPS) is 15.6. The van der Waals surface area contributed by atoms with E-state index < -0.39 is 0 Å². The zero-order chi connectivity index (χ0) is 10.1. The van der Waals surface area contributed by atoms with Gasteiger partial charge in [0, 0.05) is 23.7 Å². The number of aromatic nitrogens is 2. The molecule has 14 heavy (non-hydrogen) atoms. The Morgan fingerprint density at radius 3 is 2.57 bits per heavy atom. The molecule has 0 spiro atoms. The van der Waals surface area contributed by atoms with Crippen LogP contribution in [0.2, 0.25) is 0 Å². The van der Waals surface area contributed by atoms with Gasteiger partial charge >= 0.3 is 0 Å². The van der Waals surface area contributed by atoms with Crippen molar-refractivity contribution in [1.29, 1.82) is 0 Å². The summed E-state index contributed by atoms with van der Waals surface area (Å²) in [6, 6.07) is 0. The van der Waals surface area contributed by atoms with Gasteiger partial charge in [0.05, 0.1) is 0 Å². The lowest BCUT2D eigenvalue weighted by Crippen LogP contribution is -2.07. The standard InChI is InChI=1S/C11H17N3/c1-4-12-10-7(2)8(3)13-11(14-10)9-5-6-9/h9H,4-6H2,1-3H3,(H,12,13,14). The maximum atomic E-state index is 4.56. The van der Waals surface area contributed by atoms with E-state index in [1.165, 1.54) is 18.4 Å². The van der Waals surface area contributed by atoms with Crippen LogP contribution in [0.5, 0.6) is 0 Å². The molecule has 1 N–H and O–H groups in total. The molecule has 3 heteroatoms. The molecule has 0 amide bonds. The molecular formula is C11H17N3. The SMILES string of the molecule is CCNc1nc(C2CC2)nc(C)c1C. The summed E-state index contributed by atoms with van der Waals surface area (Å²) in [4.78, 5) is 9.09. The highest BCUT2D eigenvalue weighted by atomic mass is 15.0. The van der Waals surface area contributed by atoms with Gasteiger partial charge in [0.15, 0.2) is 0 Å². The van der Waals surface area contributed by atoms with E-state index >= 15 is 0 Å². The van der Waals surface area contributed by atoms with Crippen molar-refractivity contribution in [2.24, 2.45) is 0 Å². The van der Waals surface area contributed by atoms with Crippen LogP contribution in [-0.2, 0) is 0 Å². The van der Waals surface area contributed by atoms with Gasteiger partial charge in [-0.05, 0) is 33.6 Å². The molecule has 0 atom stereocenters. The topological polar surface area (TPSA) is 37.8 Å². The predicted molar refractivity (Wildman–Crippen MR) is 57.6 cm³/mol. The molecule has 0 aromatic carbocycles. The maximum absolute atomic E-state index is 4.56. The third kappa shape index (κ3) is 1.72. The highest BCUT2D eigenvalue weighted by Gasteiger charge is 2.27. The first kappa shape index (κ1) is 9.44. The van der Waals surface area contributed by atoms with Gasteiger partial charge in [0.2, 0.25) is 0 Å². The van der Waals surface area contributed by atoms with E-state index in [1.54, 1.807) is 0 Å². The summed E-state index contributed by atoms with van der Waals surface area (Å²) in [5.41, 5.74) is 2.29. The Kier molecular flexibility index (Phi) is 2.40. The Labute approximate surface area is 85.0 Å². The minimum absolute atomic E-state index is 0.631. The summed E-state index contributed by atoms with van der Waals surface area (Å²) >= 11 is 0. The van der Waals surface area contributed by atoms with E-state index in [4.69, 9.17) is 0 Å². The number of aryl methyl sites for hydroxylation is 1. The fourth-order valence-electron chi connectivity index (χ4n) is 1.51. The van der Waals surface area contributed by atoms with Crippen molar-refractivity contribution >= 4 is 5.82 Å². The summed E-state index contributed by atoms with van der Waals surface area (Å²) in [7, 11) is 0. The first-order valence-corrected chi connectivity index (χ1v) is 5.31. The van der Waals surface area contributed by atoms with Crippen LogP contribution >= 0.6 is 0 Å². The zero-order valence-electron chi connectivity index (χ0n) is 9.09.